The summed E-state index contributed by atoms with van der Waals surface area (Å²) in [5, 5.41) is 5.81. The summed E-state index contributed by atoms with van der Waals surface area (Å²) in [7, 11) is 0. The van der Waals surface area contributed by atoms with E-state index < -0.39 is 0 Å². The summed E-state index contributed by atoms with van der Waals surface area (Å²) in [5.74, 6) is 0.835. The van der Waals surface area contributed by atoms with Crippen molar-refractivity contribution in [2.75, 3.05) is 13.1 Å². The van der Waals surface area contributed by atoms with E-state index >= 15 is 0 Å². The van der Waals surface area contributed by atoms with Gasteiger partial charge in [0.1, 0.15) is 11.9 Å². The van der Waals surface area contributed by atoms with Crippen LogP contribution in [0.4, 0.5) is 4.79 Å². The fraction of sp³-hybridized carbons (Fsp3) is 0.278. The molecule has 4 rings (SSSR count). The lowest BCUT2D eigenvalue weighted by molar-refractivity contribution is 0.0277. The van der Waals surface area contributed by atoms with Crippen LogP contribution >= 0.6 is 0 Å². The molecule has 1 aromatic carbocycles. The van der Waals surface area contributed by atoms with Gasteiger partial charge in [-0.05, 0) is 23.8 Å². The predicted octanol–water partition coefficient (Wildman–Crippen LogP) is 2.70. The fourth-order valence-electron chi connectivity index (χ4n) is 2.95. The first-order chi connectivity index (χ1) is 11.8. The average molecular weight is 322 g/mol. The third-order valence-corrected chi connectivity index (χ3v) is 4.26. The van der Waals surface area contributed by atoms with Crippen LogP contribution in [0.5, 0.6) is 5.75 Å². The van der Waals surface area contributed by atoms with Crippen molar-refractivity contribution in [3.63, 3.8) is 0 Å². The number of hydrogen-bond donors (Lipinski definition) is 0. The quantitative estimate of drug-likeness (QED) is 0.873. The molecule has 24 heavy (non-hydrogen) atoms. The van der Waals surface area contributed by atoms with E-state index in [9.17, 15) is 4.79 Å². The van der Waals surface area contributed by atoms with Crippen LogP contribution in [-0.4, -0.2) is 46.3 Å². The van der Waals surface area contributed by atoms with Crippen LogP contribution in [0.25, 0.3) is 0 Å². The molecule has 1 saturated heterocycles. The number of rotatable bonds is 3. The van der Waals surface area contributed by atoms with E-state index in [1.54, 1.807) is 28.5 Å². The van der Waals surface area contributed by atoms with Gasteiger partial charge in [-0.3, -0.25) is 4.98 Å². The van der Waals surface area contributed by atoms with Gasteiger partial charge in [0.05, 0.1) is 19.1 Å². The van der Waals surface area contributed by atoms with Crippen molar-refractivity contribution in [3.05, 3.63) is 60.4 Å². The third kappa shape index (κ3) is 2.82. The topological polar surface area (TPSA) is 58.0 Å². The number of pyridine rings is 1. The summed E-state index contributed by atoms with van der Waals surface area (Å²) >= 11 is 0. The van der Waals surface area contributed by atoms with Gasteiger partial charge in [-0.1, -0.05) is 24.3 Å². The zero-order valence-corrected chi connectivity index (χ0v) is 13.2. The molecule has 1 atom stereocenters. The van der Waals surface area contributed by atoms with Crippen LogP contribution in [0.1, 0.15) is 18.0 Å². The molecule has 2 amide bonds. The van der Waals surface area contributed by atoms with Gasteiger partial charge in [-0.2, -0.15) is 5.10 Å². The van der Waals surface area contributed by atoms with E-state index in [0.29, 0.717) is 13.1 Å². The summed E-state index contributed by atoms with van der Waals surface area (Å²) in [4.78, 5) is 18.6. The van der Waals surface area contributed by atoms with Gasteiger partial charge in [0.2, 0.25) is 0 Å². The number of hydrazone groups is 1. The Morgan fingerprint density at radius 2 is 1.96 bits per heavy atom. The fourth-order valence-corrected chi connectivity index (χ4v) is 2.95. The maximum absolute atomic E-state index is 12.7. The van der Waals surface area contributed by atoms with E-state index in [-0.39, 0.29) is 18.2 Å². The number of likely N-dealkylation sites (tertiary alicyclic amines) is 1. The summed E-state index contributed by atoms with van der Waals surface area (Å²) in [6.07, 6.45) is 6.06. The Hall–Kier alpha value is -2.89. The summed E-state index contributed by atoms with van der Waals surface area (Å²) < 4.78 is 5.84. The highest BCUT2D eigenvalue weighted by molar-refractivity contribution is 5.79. The molecule has 0 bridgehead atoms. The van der Waals surface area contributed by atoms with Gasteiger partial charge in [-0.25, -0.2) is 9.80 Å². The molecule has 6 nitrogen and oxygen atoms in total. The lowest BCUT2D eigenvalue weighted by Crippen LogP contribution is -2.58. The monoisotopic (exact) mass is 322 g/mol. The molecule has 0 N–H and O–H groups in total. The van der Waals surface area contributed by atoms with Crippen LogP contribution in [0, 0.1) is 0 Å². The van der Waals surface area contributed by atoms with Gasteiger partial charge < -0.3 is 9.64 Å². The number of urea groups is 1. The molecule has 2 aliphatic heterocycles. The summed E-state index contributed by atoms with van der Waals surface area (Å²) in [5.41, 5.74) is 1.00. The first-order valence-corrected chi connectivity index (χ1v) is 8.03. The first kappa shape index (κ1) is 14.7. The highest BCUT2D eigenvalue weighted by Gasteiger charge is 2.38. The molecule has 0 radical (unpaired) electrons. The summed E-state index contributed by atoms with van der Waals surface area (Å²) in [6.45, 7) is 1.17. The number of nitrogens with zero attached hydrogens (tertiary/aromatic N) is 4. The molecule has 6 heteroatoms. The number of hydrogen-bond acceptors (Lipinski definition) is 4. The normalized spacial score (nSPS) is 20.1. The van der Waals surface area contributed by atoms with Crippen molar-refractivity contribution >= 4 is 12.2 Å². The molecule has 0 saturated carbocycles. The second-order valence-corrected chi connectivity index (χ2v) is 5.92. The summed E-state index contributed by atoms with van der Waals surface area (Å²) in [6, 6.07) is 13.4. The molecule has 122 valence electrons. The molecule has 1 aromatic heterocycles. The molecule has 0 spiro atoms. The molecule has 2 aliphatic rings. The first-order valence-electron chi connectivity index (χ1n) is 8.03. The molecule has 0 unspecified atom stereocenters. The van der Waals surface area contributed by atoms with Gasteiger partial charge in [-0.15, -0.1) is 0 Å². The maximum Gasteiger partial charge on any atom is 0.341 e. The Bertz CT molecular complexity index is 729. The van der Waals surface area contributed by atoms with Crippen molar-refractivity contribution in [1.82, 2.24) is 14.9 Å². The number of ether oxygens (including phenoxy) is 1. The molecule has 2 aromatic rings. The van der Waals surface area contributed by atoms with Crippen LogP contribution in [-0.2, 0) is 0 Å². The lowest BCUT2D eigenvalue weighted by atomic mass is 10.1. The smallest absolute Gasteiger partial charge is 0.341 e. The van der Waals surface area contributed by atoms with E-state index in [1.807, 2.05) is 42.5 Å². The van der Waals surface area contributed by atoms with E-state index in [4.69, 9.17) is 4.74 Å². The van der Waals surface area contributed by atoms with Crippen LogP contribution in [0.15, 0.2) is 60.0 Å². The van der Waals surface area contributed by atoms with E-state index in [0.717, 1.165) is 17.7 Å². The second kappa shape index (κ2) is 6.31. The van der Waals surface area contributed by atoms with Crippen LogP contribution < -0.4 is 4.74 Å². The minimum atomic E-state index is -0.0782. The highest BCUT2D eigenvalue weighted by Crippen LogP contribution is 2.30. The Balaban J connectivity index is 1.36. The SMILES string of the molecule is O=C(N1CC(Oc2ccccc2)C1)N1N=CC[C@H]1c1cccnc1. The highest BCUT2D eigenvalue weighted by atomic mass is 16.5. The Kier molecular flexibility index (Phi) is 3.86. The van der Waals surface area contributed by atoms with E-state index in [2.05, 4.69) is 10.1 Å². The van der Waals surface area contributed by atoms with Gasteiger partial charge in [0.25, 0.3) is 0 Å². The minimum absolute atomic E-state index is 0.0415. The van der Waals surface area contributed by atoms with Crippen molar-refractivity contribution in [3.8, 4) is 5.75 Å². The molecular formula is C18H18N4O2. The number of aromatic nitrogens is 1. The van der Waals surface area contributed by atoms with Gasteiger partial charge >= 0.3 is 6.03 Å². The Morgan fingerprint density at radius 3 is 2.71 bits per heavy atom. The number of carbonyl (C=O) groups excluding carboxylic acids is 1. The Morgan fingerprint density at radius 1 is 1.12 bits per heavy atom. The van der Waals surface area contributed by atoms with Crippen LogP contribution in [0.3, 0.4) is 0 Å². The largest absolute Gasteiger partial charge is 0.487 e. The molecule has 1 fully saturated rings. The van der Waals surface area contributed by atoms with Crippen molar-refractivity contribution in [1.29, 1.82) is 0 Å². The standard InChI is InChI=1S/C18H18N4O2/c23-18(21-12-16(13-21)24-15-6-2-1-3-7-15)22-17(8-10-20-22)14-5-4-9-19-11-14/h1-7,9-11,16-17H,8,12-13H2/t17-/m0/s1. The third-order valence-electron chi connectivity index (χ3n) is 4.26. The Labute approximate surface area is 140 Å². The van der Waals surface area contributed by atoms with Crippen molar-refractivity contribution in [2.24, 2.45) is 5.10 Å². The number of para-hydroxylation sites is 1. The second-order valence-electron chi connectivity index (χ2n) is 5.92. The zero-order chi connectivity index (χ0) is 16.4. The number of amides is 2. The number of benzene rings is 1. The van der Waals surface area contributed by atoms with Crippen molar-refractivity contribution in [2.45, 2.75) is 18.6 Å². The van der Waals surface area contributed by atoms with Crippen molar-refractivity contribution < 1.29 is 9.53 Å². The molecule has 3 heterocycles. The molecule has 0 aliphatic carbocycles. The van der Waals surface area contributed by atoms with Gasteiger partial charge in [0.15, 0.2) is 0 Å². The zero-order valence-electron chi connectivity index (χ0n) is 13.2. The lowest BCUT2D eigenvalue weighted by Gasteiger charge is -2.40. The predicted molar refractivity (Wildman–Crippen MR) is 89.8 cm³/mol. The van der Waals surface area contributed by atoms with E-state index in [1.165, 1.54) is 0 Å². The van der Waals surface area contributed by atoms with Gasteiger partial charge in [0, 0.05) is 25.0 Å². The van der Waals surface area contributed by atoms with Crippen LogP contribution in [0.2, 0.25) is 0 Å². The minimum Gasteiger partial charge on any atom is -0.487 e. The number of carbonyl (C=O) groups is 1. The maximum atomic E-state index is 12.7. The molecular weight excluding hydrogens is 304 g/mol. The average Bonchev–Trinajstić information content (AvgIpc) is 3.09.